The maximum absolute atomic E-state index is 13.1. The molecule has 0 amide bonds. The molecule has 1 aromatic carbocycles. The van der Waals surface area contributed by atoms with Crippen LogP contribution in [0.25, 0.3) is 11.4 Å². The predicted octanol–water partition coefficient (Wildman–Crippen LogP) is 1.67. The van der Waals surface area contributed by atoms with Gasteiger partial charge in [0, 0.05) is 19.2 Å². The Kier molecular flexibility index (Phi) is 4.35. The van der Waals surface area contributed by atoms with Crippen molar-refractivity contribution in [1.82, 2.24) is 10.1 Å². The molecule has 2 N–H and O–H groups in total. The second kappa shape index (κ2) is 6.02. The van der Waals surface area contributed by atoms with E-state index in [0.29, 0.717) is 0 Å². The summed E-state index contributed by atoms with van der Waals surface area (Å²) in [6, 6.07) is 1.59. The molecular formula is C12H12F3N3O2. The van der Waals surface area contributed by atoms with E-state index in [2.05, 4.69) is 10.1 Å². The van der Waals surface area contributed by atoms with Gasteiger partial charge in [0.1, 0.15) is 0 Å². The fourth-order valence-corrected chi connectivity index (χ4v) is 1.60. The van der Waals surface area contributed by atoms with Crippen LogP contribution in [0.5, 0.6) is 0 Å². The van der Waals surface area contributed by atoms with Crippen LogP contribution in [0.2, 0.25) is 0 Å². The summed E-state index contributed by atoms with van der Waals surface area (Å²) in [5.41, 5.74) is 5.43. The first-order valence-electron chi connectivity index (χ1n) is 5.75. The largest absolute Gasteiger partial charge is 0.380 e. The van der Waals surface area contributed by atoms with Gasteiger partial charge in [-0.1, -0.05) is 5.16 Å². The van der Waals surface area contributed by atoms with E-state index in [4.69, 9.17) is 15.0 Å². The number of aromatic nitrogens is 2. The second-order valence-electron chi connectivity index (χ2n) is 4.06. The van der Waals surface area contributed by atoms with Gasteiger partial charge in [-0.05, 0) is 12.1 Å². The number of ether oxygens (including phenoxy) is 1. The van der Waals surface area contributed by atoms with Crippen molar-refractivity contribution in [2.24, 2.45) is 5.73 Å². The zero-order chi connectivity index (χ0) is 14.7. The number of benzene rings is 1. The molecule has 0 aliphatic carbocycles. The first-order valence-corrected chi connectivity index (χ1v) is 5.75. The fourth-order valence-electron chi connectivity index (χ4n) is 1.60. The smallest absolute Gasteiger partial charge is 0.229 e. The van der Waals surface area contributed by atoms with Crippen LogP contribution in [0.3, 0.4) is 0 Å². The summed E-state index contributed by atoms with van der Waals surface area (Å²) in [6.07, 6.45) is -0.0309. The molecule has 0 bridgehead atoms. The van der Waals surface area contributed by atoms with Crippen LogP contribution in [0, 0.1) is 17.5 Å². The highest BCUT2D eigenvalue weighted by Gasteiger charge is 2.17. The molecular weight excluding hydrogens is 275 g/mol. The third-order valence-corrected chi connectivity index (χ3v) is 2.71. The average Bonchev–Trinajstić information content (AvgIpc) is 2.90. The summed E-state index contributed by atoms with van der Waals surface area (Å²) < 4.78 is 49.1. The number of hydrogen-bond donors (Lipinski definition) is 1. The number of rotatable bonds is 5. The maximum Gasteiger partial charge on any atom is 0.229 e. The van der Waals surface area contributed by atoms with E-state index in [1.165, 1.54) is 7.11 Å². The third-order valence-electron chi connectivity index (χ3n) is 2.71. The van der Waals surface area contributed by atoms with E-state index in [1.54, 1.807) is 0 Å². The van der Waals surface area contributed by atoms with Crippen LogP contribution < -0.4 is 5.73 Å². The Morgan fingerprint density at radius 2 is 1.95 bits per heavy atom. The lowest BCUT2D eigenvalue weighted by Crippen LogP contribution is -2.24. The monoisotopic (exact) mass is 287 g/mol. The van der Waals surface area contributed by atoms with E-state index < -0.39 is 17.5 Å². The highest BCUT2D eigenvalue weighted by molar-refractivity contribution is 5.54. The van der Waals surface area contributed by atoms with Crippen LogP contribution in [0.1, 0.15) is 5.89 Å². The summed E-state index contributed by atoms with van der Waals surface area (Å²) in [5, 5.41) is 3.58. The predicted molar refractivity (Wildman–Crippen MR) is 63.2 cm³/mol. The van der Waals surface area contributed by atoms with Gasteiger partial charge in [0.25, 0.3) is 0 Å². The second-order valence-corrected chi connectivity index (χ2v) is 4.06. The maximum atomic E-state index is 13.1. The van der Waals surface area contributed by atoms with Gasteiger partial charge in [-0.3, -0.25) is 0 Å². The van der Waals surface area contributed by atoms with Crippen LogP contribution in [-0.2, 0) is 11.2 Å². The first kappa shape index (κ1) is 14.5. The van der Waals surface area contributed by atoms with Gasteiger partial charge in [0.2, 0.25) is 11.7 Å². The molecule has 20 heavy (non-hydrogen) atoms. The molecule has 0 spiro atoms. The van der Waals surface area contributed by atoms with E-state index in [1.807, 2.05) is 0 Å². The Morgan fingerprint density at radius 3 is 2.50 bits per heavy atom. The van der Waals surface area contributed by atoms with E-state index >= 15 is 0 Å². The molecule has 8 heteroatoms. The minimum atomic E-state index is -1.54. The van der Waals surface area contributed by atoms with Crippen molar-refractivity contribution in [3.05, 3.63) is 35.5 Å². The van der Waals surface area contributed by atoms with Crippen LogP contribution >= 0.6 is 0 Å². The van der Waals surface area contributed by atoms with Crippen molar-refractivity contribution < 1.29 is 22.4 Å². The van der Waals surface area contributed by atoms with Gasteiger partial charge >= 0.3 is 0 Å². The Balaban J connectivity index is 2.24. The standard InChI is InChI=1S/C12H12F3N3O2/c1-19-7(5-16)4-10-17-12(18-20-10)6-2-8(13)11(15)9(14)3-6/h2-3,7H,4-5,16H2,1H3. The normalized spacial score (nSPS) is 12.7. The Morgan fingerprint density at radius 1 is 1.30 bits per heavy atom. The van der Waals surface area contributed by atoms with Crippen molar-refractivity contribution in [1.29, 1.82) is 0 Å². The zero-order valence-electron chi connectivity index (χ0n) is 10.6. The van der Waals surface area contributed by atoms with Gasteiger partial charge < -0.3 is 15.0 Å². The Labute approximate surface area is 112 Å². The highest BCUT2D eigenvalue weighted by Crippen LogP contribution is 2.21. The Bertz CT molecular complexity index is 576. The number of hydrogen-bond acceptors (Lipinski definition) is 5. The summed E-state index contributed by atoms with van der Waals surface area (Å²) >= 11 is 0. The van der Waals surface area contributed by atoms with Gasteiger partial charge in [-0.2, -0.15) is 4.98 Å². The molecule has 2 rings (SSSR count). The molecule has 108 valence electrons. The zero-order valence-corrected chi connectivity index (χ0v) is 10.6. The summed E-state index contributed by atoms with van der Waals surface area (Å²) in [4.78, 5) is 3.96. The molecule has 1 aromatic heterocycles. The molecule has 0 aliphatic heterocycles. The van der Waals surface area contributed by atoms with Gasteiger partial charge in [-0.15, -0.1) is 0 Å². The van der Waals surface area contributed by atoms with Crippen molar-refractivity contribution in [2.75, 3.05) is 13.7 Å². The van der Waals surface area contributed by atoms with Gasteiger partial charge in [0.15, 0.2) is 17.5 Å². The molecule has 0 aliphatic rings. The van der Waals surface area contributed by atoms with Gasteiger partial charge in [-0.25, -0.2) is 13.2 Å². The highest BCUT2D eigenvalue weighted by atomic mass is 19.2. The number of halogens is 3. The first-order chi connectivity index (χ1) is 9.55. The average molecular weight is 287 g/mol. The topological polar surface area (TPSA) is 74.2 Å². The number of nitrogens with zero attached hydrogens (tertiary/aromatic N) is 2. The molecule has 2 aromatic rings. The minimum absolute atomic E-state index is 0.0156. The van der Waals surface area contributed by atoms with E-state index in [9.17, 15) is 13.2 Å². The molecule has 0 fully saturated rings. The van der Waals surface area contributed by atoms with Crippen molar-refractivity contribution >= 4 is 0 Å². The molecule has 0 radical (unpaired) electrons. The lowest BCUT2D eigenvalue weighted by Gasteiger charge is -2.08. The minimum Gasteiger partial charge on any atom is -0.380 e. The van der Waals surface area contributed by atoms with Crippen molar-refractivity contribution in [3.63, 3.8) is 0 Å². The molecule has 1 unspecified atom stereocenters. The number of methoxy groups -OCH3 is 1. The molecule has 1 atom stereocenters. The molecule has 5 nitrogen and oxygen atoms in total. The van der Waals surface area contributed by atoms with Crippen LogP contribution in [0.15, 0.2) is 16.7 Å². The molecule has 0 saturated carbocycles. The third kappa shape index (κ3) is 2.97. The van der Waals surface area contributed by atoms with E-state index in [0.717, 1.165) is 12.1 Å². The summed E-state index contributed by atoms with van der Waals surface area (Å²) in [6.45, 7) is 0.258. The fraction of sp³-hybridized carbons (Fsp3) is 0.333. The molecule has 0 saturated heterocycles. The van der Waals surface area contributed by atoms with Crippen molar-refractivity contribution in [2.45, 2.75) is 12.5 Å². The Hall–Kier alpha value is -1.93. The quantitative estimate of drug-likeness (QED) is 0.847. The van der Waals surface area contributed by atoms with E-state index in [-0.39, 0.29) is 36.3 Å². The lowest BCUT2D eigenvalue weighted by molar-refractivity contribution is 0.102. The van der Waals surface area contributed by atoms with Crippen LogP contribution in [-0.4, -0.2) is 29.9 Å². The molecule has 1 heterocycles. The van der Waals surface area contributed by atoms with Gasteiger partial charge in [0.05, 0.1) is 12.5 Å². The summed E-state index contributed by atoms with van der Waals surface area (Å²) in [5.74, 6) is -4.00. The lowest BCUT2D eigenvalue weighted by atomic mass is 10.2. The number of nitrogens with two attached hydrogens (primary N) is 1. The SMILES string of the molecule is COC(CN)Cc1nc(-c2cc(F)c(F)c(F)c2)no1. The van der Waals surface area contributed by atoms with Crippen LogP contribution in [0.4, 0.5) is 13.2 Å². The summed E-state index contributed by atoms with van der Waals surface area (Å²) in [7, 11) is 1.49. The van der Waals surface area contributed by atoms with Crippen molar-refractivity contribution in [3.8, 4) is 11.4 Å².